The Bertz CT molecular complexity index is 934. The highest BCUT2D eigenvalue weighted by molar-refractivity contribution is 6.08. The molecule has 0 aromatic heterocycles. The Morgan fingerprint density at radius 3 is 2.85 bits per heavy atom. The van der Waals surface area contributed by atoms with Crippen molar-refractivity contribution in [1.82, 2.24) is 0 Å². The molecule has 138 valence electrons. The molecule has 0 aliphatic carbocycles. The van der Waals surface area contributed by atoms with E-state index < -0.39 is 12.1 Å². The fraction of sp³-hybridized carbons (Fsp3) is 0.150. The highest BCUT2D eigenvalue weighted by Gasteiger charge is 2.17. The third-order valence-electron chi connectivity index (χ3n) is 3.84. The maximum atomic E-state index is 12.4. The van der Waals surface area contributed by atoms with Crippen molar-refractivity contribution in [3.8, 4) is 11.5 Å². The molecule has 27 heavy (non-hydrogen) atoms. The van der Waals surface area contributed by atoms with Gasteiger partial charge in [0.2, 0.25) is 0 Å². The fourth-order valence-electron chi connectivity index (χ4n) is 2.45. The number of allylic oxidation sites excluding steroid dienone is 1. The summed E-state index contributed by atoms with van der Waals surface area (Å²) >= 11 is 0. The van der Waals surface area contributed by atoms with Crippen molar-refractivity contribution in [2.75, 3.05) is 11.9 Å². The SMILES string of the molecule is C[C@@H](Oc1cccc(/C=C/C(=O)c2ccc3c(c2)NC(=O)CO3)c1)C(=O)O. The van der Waals surface area contributed by atoms with E-state index in [4.69, 9.17) is 14.6 Å². The van der Waals surface area contributed by atoms with Crippen molar-refractivity contribution in [1.29, 1.82) is 0 Å². The quantitative estimate of drug-likeness (QED) is 0.601. The predicted molar refractivity (Wildman–Crippen MR) is 98.1 cm³/mol. The van der Waals surface area contributed by atoms with Crippen LogP contribution in [0, 0.1) is 0 Å². The number of fused-ring (bicyclic) bond motifs is 1. The lowest BCUT2D eigenvalue weighted by Crippen LogP contribution is -2.25. The van der Waals surface area contributed by atoms with Gasteiger partial charge in [-0.15, -0.1) is 0 Å². The van der Waals surface area contributed by atoms with Crippen LogP contribution in [0.25, 0.3) is 6.08 Å². The summed E-state index contributed by atoms with van der Waals surface area (Å²) in [6, 6.07) is 11.6. The molecular weight excluding hydrogens is 350 g/mol. The second-order valence-corrected chi connectivity index (χ2v) is 5.92. The molecule has 7 heteroatoms. The second kappa shape index (κ2) is 7.74. The zero-order valence-electron chi connectivity index (χ0n) is 14.5. The van der Waals surface area contributed by atoms with Crippen LogP contribution >= 0.6 is 0 Å². The summed E-state index contributed by atoms with van der Waals surface area (Å²) < 4.78 is 10.6. The first kappa shape index (κ1) is 18.2. The normalized spacial score (nSPS) is 14.0. The second-order valence-electron chi connectivity index (χ2n) is 5.92. The largest absolute Gasteiger partial charge is 0.482 e. The molecule has 1 aliphatic rings. The summed E-state index contributed by atoms with van der Waals surface area (Å²) in [5.74, 6) is -0.659. The van der Waals surface area contributed by atoms with E-state index in [-0.39, 0.29) is 18.3 Å². The van der Waals surface area contributed by atoms with Crippen LogP contribution in [0.2, 0.25) is 0 Å². The molecule has 0 radical (unpaired) electrons. The number of ketones is 1. The number of benzene rings is 2. The maximum Gasteiger partial charge on any atom is 0.344 e. The number of rotatable bonds is 6. The number of carboxylic acid groups (broad SMARTS) is 1. The lowest BCUT2D eigenvalue weighted by molar-refractivity contribution is -0.144. The van der Waals surface area contributed by atoms with Gasteiger partial charge in [-0.3, -0.25) is 9.59 Å². The number of hydrogen-bond acceptors (Lipinski definition) is 5. The Morgan fingerprint density at radius 1 is 1.26 bits per heavy atom. The minimum atomic E-state index is -1.06. The van der Waals surface area contributed by atoms with Crippen molar-refractivity contribution in [2.24, 2.45) is 0 Å². The highest BCUT2D eigenvalue weighted by atomic mass is 16.5. The smallest absolute Gasteiger partial charge is 0.344 e. The molecule has 3 rings (SSSR count). The molecule has 1 aliphatic heterocycles. The molecule has 1 amide bonds. The highest BCUT2D eigenvalue weighted by Crippen LogP contribution is 2.28. The molecule has 0 bridgehead atoms. The van der Waals surface area contributed by atoms with Gasteiger partial charge in [-0.25, -0.2) is 4.79 Å². The first-order chi connectivity index (χ1) is 12.9. The van der Waals surface area contributed by atoms with E-state index >= 15 is 0 Å². The molecule has 0 unspecified atom stereocenters. The van der Waals surface area contributed by atoms with Crippen molar-refractivity contribution < 1.29 is 29.0 Å². The van der Waals surface area contributed by atoms with E-state index in [1.54, 1.807) is 48.5 Å². The van der Waals surface area contributed by atoms with Gasteiger partial charge in [-0.1, -0.05) is 18.2 Å². The Labute approximate surface area is 155 Å². The van der Waals surface area contributed by atoms with Crippen LogP contribution in [0.15, 0.2) is 48.5 Å². The topological polar surface area (TPSA) is 102 Å². The van der Waals surface area contributed by atoms with Crippen molar-refractivity contribution in [3.05, 3.63) is 59.7 Å². The maximum absolute atomic E-state index is 12.4. The van der Waals surface area contributed by atoms with Crippen molar-refractivity contribution in [2.45, 2.75) is 13.0 Å². The first-order valence-electron chi connectivity index (χ1n) is 8.21. The molecule has 2 aromatic rings. The van der Waals surface area contributed by atoms with Gasteiger partial charge in [0.1, 0.15) is 11.5 Å². The van der Waals surface area contributed by atoms with Crippen LogP contribution in [0.1, 0.15) is 22.8 Å². The average Bonchev–Trinajstić information content (AvgIpc) is 2.65. The van der Waals surface area contributed by atoms with Gasteiger partial charge < -0.3 is 19.9 Å². The van der Waals surface area contributed by atoms with E-state index in [0.717, 1.165) is 0 Å². The minimum Gasteiger partial charge on any atom is -0.482 e. The minimum absolute atomic E-state index is 0.0426. The summed E-state index contributed by atoms with van der Waals surface area (Å²) in [7, 11) is 0. The number of anilines is 1. The van der Waals surface area contributed by atoms with Gasteiger partial charge in [-0.2, -0.15) is 0 Å². The molecule has 2 N–H and O–H groups in total. The summed E-state index contributed by atoms with van der Waals surface area (Å²) in [4.78, 5) is 34.6. The number of carbonyl (C=O) groups is 3. The Kier molecular flexibility index (Phi) is 5.21. The van der Waals surface area contributed by atoms with Gasteiger partial charge in [0, 0.05) is 5.56 Å². The van der Waals surface area contributed by atoms with E-state index in [1.807, 2.05) is 0 Å². The molecular formula is C20H17NO6. The Balaban J connectivity index is 1.72. The third-order valence-corrected chi connectivity index (χ3v) is 3.84. The molecule has 0 saturated heterocycles. The molecule has 1 atom stereocenters. The predicted octanol–water partition coefficient (Wildman–Crippen LogP) is 2.77. The number of carboxylic acids is 1. The third kappa shape index (κ3) is 4.52. The van der Waals surface area contributed by atoms with E-state index in [0.29, 0.717) is 28.3 Å². The summed E-state index contributed by atoms with van der Waals surface area (Å²) in [5.41, 5.74) is 1.55. The number of hydrogen-bond donors (Lipinski definition) is 2. The monoisotopic (exact) mass is 367 g/mol. The lowest BCUT2D eigenvalue weighted by atomic mass is 10.1. The number of ether oxygens (including phenoxy) is 2. The van der Waals surface area contributed by atoms with Crippen LogP contribution in [0.5, 0.6) is 11.5 Å². The Morgan fingerprint density at radius 2 is 2.07 bits per heavy atom. The van der Waals surface area contributed by atoms with E-state index in [1.165, 1.54) is 13.0 Å². The standard InChI is InChI=1S/C20H17NO6/c1-12(20(24)25)27-15-4-2-3-13(9-15)5-7-17(22)14-6-8-18-16(10-14)21-19(23)11-26-18/h2-10,12H,11H2,1H3,(H,21,23)(H,24,25)/b7-5+/t12-/m1/s1. The fourth-order valence-corrected chi connectivity index (χ4v) is 2.45. The van der Waals surface area contributed by atoms with Crippen LogP contribution in [-0.2, 0) is 9.59 Å². The average molecular weight is 367 g/mol. The first-order valence-corrected chi connectivity index (χ1v) is 8.21. The molecule has 2 aromatic carbocycles. The number of amides is 1. The Hall–Kier alpha value is -3.61. The number of carbonyl (C=O) groups excluding carboxylic acids is 2. The molecule has 1 heterocycles. The van der Waals surface area contributed by atoms with Crippen LogP contribution in [-0.4, -0.2) is 35.5 Å². The zero-order valence-corrected chi connectivity index (χ0v) is 14.5. The van der Waals surface area contributed by atoms with Gasteiger partial charge in [0.25, 0.3) is 5.91 Å². The summed E-state index contributed by atoms with van der Waals surface area (Å²) in [6.45, 7) is 1.39. The number of nitrogens with one attached hydrogen (secondary N) is 1. The molecule has 0 spiro atoms. The lowest BCUT2D eigenvalue weighted by Gasteiger charge is -2.17. The number of aliphatic carboxylic acids is 1. The molecule has 0 saturated carbocycles. The van der Waals surface area contributed by atoms with Crippen LogP contribution in [0.4, 0.5) is 5.69 Å². The molecule has 7 nitrogen and oxygen atoms in total. The summed E-state index contributed by atoms with van der Waals surface area (Å²) in [6.07, 6.45) is 2.03. The summed E-state index contributed by atoms with van der Waals surface area (Å²) in [5, 5.41) is 11.6. The van der Waals surface area contributed by atoms with E-state index in [9.17, 15) is 14.4 Å². The van der Waals surface area contributed by atoms with Gasteiger partial charge in [0.15, 0.2) is 18.5 Å². The van der Waals surface area contributed by atoms with Crippen molar-refractivity contribution in [3.63, 3.8) is 0 Å². The van der Waals surface area contributed by atoms with Gasteiger partial charge >= 0.3 is 5.97 Å². The molecule has 0 fully saturated rings. The van der Waals surface area contributed by atoms with Crippen LogP contribution in [0.3, 0.4) is 0 Å². The van der Waals surface area contributed by atoms with Crippen molar-refractivity contribution >= 4 is 29.4 Å². The van der Waals surface area contributed by atoms with E-state index in [2.05, 4.69) is 5.32 Å². The van der Waals surface area contributed by atoms with Gasteiger partial charge in [-0.05, 0) is 48.9 Å². The zero-order chi connectivity index (χ0) is 19.4. The van der Waals surface area contributed by atoms with Gasteiger partial charge in [0.05, 0.1) is 5.69 Å². The van der Waals surface area contributed by atoms with Crippen LogP contribution < -0.4 is 14.8 Å².